The number of nitrogens with one attached hydrogen (secondary N) is 2. The summed E-state index contributed by atoms with van der Waals surface area (Å²) in [5.74, 6) is 1.41. The third kappa shape index (κ3) is 6.05. The van der Waals surface area contributed by atoms with Crippen LogP contribution in [0, 0.1) is 0 Å². The Morgan fingerprint density at radius 1 is 1.15 bits per heavy atom. The second-order valence-electron chi connectivity index (χ2n) is 7.36. The Hall–Kier alpha value is -3.14. The molecule has 0 saturated carbocycles. The maximum Gasteiger partial charge on any atom is 0.232 e. The molecule has 2 aromatic heterocycles. The lowest BCUT2D eigenvalue weighted by molar-refractivity contribution is -0.118. The van der Waals surface area contributed by atoms with E-state index in [1.807, 2.05) is 22.9 Å². The molecule has 0 radical (unpaired) electrons. The molecular weight excluding hydrogens is 497 g/mol. The number of nitrogens with zero attached hydrogens (tertiary/aromatic N) is 3. The number of hydrogen-bond donors (Lipinski definition) is 2. The standard InChI is InChI=1S/C23H21Cl2N5O3S/c1-34(32)13-21(31)26-8-10-30-9-7-19-22(30)23(28-14-27-19)29-16-5-6-20(18(25)12-16)33-17-4-2-3-15(24)11-17/h2-7,9,11-12,14H,8,10,13H2,1H3,(H,26,31)(H,27,28,29). The van der Waals surface area contributed by atoms with Gasteiger partial charge in [-0.2, -0.15) is 0 Å². The molecule has 0 aliphatic heterocycles. The minimum atomic E-state index is -1.18. The molecule has 0 bridgehead atoms. The molecule has 0 saturated heterocycles. The topological polar surface area (TPSA) is 98.1 Å². The maximum absolute atomic E-state index is 11.8. The molecule has 1 atom stereocenters. The van der Waals surface area contributed by atoms with Crippen LogP contribution in [0.4, 0.5) is 11.5 Å². The Balaban J connectivity index is 1.49. The number of anilines is 2. The summed E-state index contributed by atoms with van der Waals surface area (Å²) in [6.45, 7) is 0.885. The van der Waals surface area contributed by atoms with E-state index in [4.69, 9.17) is 27.9 Å². The molecule has 2 heterocycles. The molecule has 0 fully saturated rings. The second kappa shape index (κ2) is 10.9. The molecule has 176 valence electrons. The summed E-state index contributed by atoms with van der Waals surface area (Å²) < 4.78 is 19.0. The van der Waals surface area contributed by atoms with Crippen molar-refractivity contribution in [2.24, 2.45) is 0 Å². The minimum Gasteiger partial charge on any atom is -0.456 e. The van der Waals surface area contributed by atoms with Crippen LogP contribution in [0.2, 0.25) is 10.0 Å². The highest BCUT2D eigenvalue weighted by Gasteiger charge is 2.12. The highest BCUT2D eigenvalue weighted by molar-refractivity contribution is 7.85. The zero-order chi connectivity index (χ0) is 24.1. The van der Waals surface area contributed by atoms with Crippen LogP contribution >= 0.6 is 23.2 Å². The van der Waals surface area contributed by atoms with Crippen LogP contribution in [-0.4, -0.2) is 43.2 Å². The quantitative estimate of drug-likeness (QED) is 0.331. The Morgan fingerprint density at radius 2 is 2.00 bits per heavy atom. The molecule has 1 unspecified atom stereocenters. The van der Waals surface area contributed by atoms with E-state index in [0.29, 0.717) is 40.5 Å². The average molecular weight is 518 g/mol. The fourth-order valence-corrected chi connectivity index (χ4v) is 4.19. The highest BCUT2D eigenvalue weighted by atomic mass is 35.5. The van der Waals surface area contributed by atoms with Gasteiger partial charge in [-0.15, -0.1) is 0 Å². The van der Waals surface area contributed by atoms with Crippen molar-refractivity contribution in [2.75, 3.05) is 23.9 Å². The fraction of sp³-hybridized carbons (Fsp3) is 0.174. The molecule has 2 N–H and O–H groups in total. The van der Waals surface area contributed by atoms with E-state index < -0.39 is 10.8 Å². The van der Waals surface area contributed by atoms with Crippen LogP contribution in [0.25, 0.3) is 11.0 Å². The van der Waals surface area contributed by atoms with Crippen molar-refractivity contribution in [1.82, 2.24) is 19.9 Å². The number of carbonyl (C=O) groups excluding carboxylic acids is 1. The highest BCUT2D eigenvalue weighted by Crippen LogP contribution is 2.34. The van der Waals surface area contributed by atoms with Crippen molar-refractivity contribution >= 4 is 62.4 Å². The number of hydrogen-bond acceptors (Lipinski definition) is 6. The van der Waals surface area contributed by atoms with E-state index in [1.54, 1.807) is 36.4 Å². The summed E-state index contributed by atoms with van der Waals surface area (Å²) >= 11 is 12.5. The minimum absolute atomic E-state index is 0.0138. The first-order chi connectivity index (χ1) is 16.4. The summed E-state index contributed by atoms with van der Waals surface area (Å²) in [6.07, 6.45) is 4.85. The van der Waals surface area contributed by atoms with Gasteiger partial charge in [-0.1, -0.05) is 29.3 Å². The molecule has 8 nitrogen and oxygen atoms in total. The van der Waals surface area contributed by atoms with Gasteiger partial charge in [-0.25, -0.2) is 9.97 Å². The first kappa shape index (κ1) is 24.0. The van der Waals surface area contributed by atoms with Crippen molar-refractivity contribution in [3.8, 4) is 11.5 Å². The molecule has 0 spiro atoms. The summed E-state index contributed by atoms with van der Waals surface area (Å²) in [5, 5.41) is 7.04. The van der Waals surface area contributed by atoms with Gasteiger partial charge in [-0.3, -0.25) is 9.00 Å². The molecular formula is C23H21Cl2N5O3S. The van der Waals surface area contributed by atoms with Crippen LogP contribution in [-0.2, 0) is 22.1 Å². The zero-order valence-corrected chi connectivity index (χ0v) is 20.5. The molecule has 0 aliphatic carbocycles. The zero-order valence-electron chi connectivity index (χ0n) is 18.1. The van der Waals surface area contributed by atoms with E-state index in [9.17, 15) is 9.00 Å². The van der Waals surface area contributed by atoms with Gasteiger partial charge in [0.05, 0.1) is 10.5 Å². The lowest BCUT2D eigenvalue weighted by Gasteiger charge is -2.13. The Kier molecular flexibility index (Phi) is 7.66. The van der Waals surface area contributed by atoms with E-state index in [1.165, 1.54) is 12.6 Å². The van der Waals surface area contributed by atoms with Crippen molar-refractivity contribution in [1.29, 1.82) is 0 Å². The average Bonchev–Trinajstić information content (AvgIpc) is 3.19. The number of rotatable bonds is 9. The van der Waals surface area contributed by atoms with Crippen LogP contribution < -0.4 is 15.4 Å². The number of carbonyl (C=O) groups is 1. The predicted molar refractivity (Wildman–Crippen MR) is 136 cm³/mol. The smallest absolute Gasteiger partial charge is 0.232 e. The lowest BCUT2D eigenvalue weighted by Crippen LogP contribution is -2.30. The van der Waals surface area contributed by atoms with E-state index >= 15 is 0 Å². The van der Waals surface area contributed by atoms with Gasteiger partial charge in [0.2, 0.25) is 5.91 Å². The second-order valence-corrected chi connectivity index (χ2v) is 9.64. The van der Waals surface area contributed by atoms with E-state index in [2.05, 4.69) is 20.6 Å². The summed E-state index contributed by atoms with van der Waals surface area (Å²) in [7, 11) is -1.18. The summed E-state index contributed by atoms with van der Waals surface area (Å²) in [6, 6.07) is 14.3. The number of halogens is 2. The van der Waals surface area contributed by atoms with Crippen molar-refractivity contribution in [3.05, 3.63) is 71.1 Å². The normalized spacial score (nSPS) is 11.9. The number of amides is 1. The molecule has 1 amide bonds. The lowest BCUT2D eigenvalue weighted by atomic mass is 10.3. The molecule has 34 heavy (non-hydrogen) atoms. The van der Waals surface area contributed by atoms with E-state index in [-0.39, 0.29) is 11.7 Å². The number of fused-ring (bicyclic) bond motifs is 1. The van der Waals surface area contributed by atoms with Crippen molar-refractivity contribution in [2.45, 2.75) is 6.54 Å². The van der Waals surface area contributed by atoms with Gasteiger partial charge >= 0.3 is 0 Å². The Morgan fingerprint density at radius 3 is 2.76 bits per heavy atom. The monoisotopic (exact) mass is 517 g/mol. The molecule has 2 aromatic carbocycles. The summed E-state index contributed by atoms with van der Waals surface area (Å²) in [5.41, 5.74) is 2.26. The van der Waals surface area contributed by atoms with Gasteiger partial charge in [0, 0.05) is 47.1 Å². The predicted octanol–water partition coefficient (Wildman–Crippen LogP) is 4.77. The molecule has 4 aromatic rings. The van der Waals surface area contributed by atoms with Gasteiger partial charge in [0.15, 0.2) is 5.82 Å². The molecule has 0 aliphatic rings. The van der Waals surface area contributed by atoms with E-state index in [0.717, 1.165) is 16.7 Å². The fourth-order valence-electron chi connectivity index (χ4n) is 3.32. The number of benzene rings is 2. The number of ether oxygens (including phenoxy) is 1. The van der Waals surface area contributed by atoms with Crippen LogP contribution in [0.3, 0.4) is 0 Å². The molecule has 4 rings (SSSR count). The maximum atomic E-state index is 11.8. The van der Waals surface area contributed by atoms with Crippen LogP contribution in [0.5, 0.6) is 11.5 Å². The first-order valence-corrected chi connectivity index (χ1v) is 12.7. The summed E-state index contributed by atoms with van der Waals surface area (Å²) in [4.78, 5) is 20.5. The van der Waals surface area contributed by atoms with Crippen molar-refractivity contribution in [3.63, 3.8) is 0 Å². The Labute approximate surface area is 208 Å². The largest absolute Gasteiger partial charge is 0.456 e. The van der Waals surface area contributed by atoms with Crippen LogP contribution in [0.15, 0.2) is 61.1 Å². The van der Waals surface area contributed by atoms with Crippen LogP contribution in [0.1, 0.15) is 0 Å². The van der Waals surface area contributed by atoms with Gasteiger partial charge in [0.1, 0.15) is 29.1 Å². The van der Waals surface area contributed by atoms with Gasteiger partial charge in [0.25, 0.3) is 0 Å². The first-order valence-electron chi connectivity index (χ1n) is 10.3. The van der Waals surface area contributed by atoms with Gasteiger partial charge in [-0.05, 0) is 42.5 Å². The third-order valence-electron chi connectivity index (χ3n) is 4.78. The van der Waals surface area contributed by atoms with Crippen molar-refractivity contribution < 1.29 is 13.7 Å². The SMILES string of the molecule is CS(=O)CC(=O)NCCn1ccc2ncnc(Nc3ccc(Oc4cccc(Cl)c4)c(Cl)c3)c21. The Bertz CT molecular complexity index is 1360. The van der Waals surface area contributed by atoms with Gasteiger partial charge < -0.3 is 19.9 Å². The number of aromatic nitrogens is 3. The third-order valence-corrected chi connectivity index (χ3v) is 5.98. The molecule has 11 heteroatoms.